The predicted molar refractivity (Wildman–Crippen MR) is 65.0 cm³/mol. The van der Waals surface area contributed by atoms with E-state index in [1.807, 2.05) is 6.07 Å². The molecule has 1 aromatic rings. The Morgan fingerprint density at radius 2 is 2.31 bits per heavy atom. The van der Waals surface area contributed by atoms with Gasteiger partial charge in [0.15, 0.2) is 0 Å². The van der Waals surface area contributed by atoms with Crippen molar-refractivity contribution in [3.63, 3.8) is 0 Å². The fourth-order valence-corrected chi connectivity index (χ4v) is 2.56. The second kappa shape index (κ2) is 4.27. The van der Waals surface area contributed by atoms with Crippen molar-refractivity contribution in [3.8, 4) is 5.75 Å². The molecule has 88 valence electrons. The molecule has 2 rings (SSSR count). The molecule has 0 saturated heterocycles. The standard InChI is InChI=1S/C13H17ClO2/c1-3-6-13(2)8-11(15)10-7-9(14)4-5-12(10)16-13/h4-5,7,11,15H,3,6,8H2,1-2H3/t11-,13?/m1/s1. The van der Waals surface area contributed by atoms with Gasteiger partial charge in [-0.25, -0.2) is 0 Å². The molecule has 1 aromatic carbocycles. The molecule has 1 aliphatic rings. The highest BCUT2D eigenvalue weighted by Gasteiger charge is 2.35. The van der Waals surface area contributed by atoms with Crippen LogP contribution in [0.15, 0.2) is 18.2 Å². The number of halogens is 1. The third-order valence-corrected chi connectivity index (χ3v) is 3.33. The van der Waals surface area contributed by atoms with Crippen LogP contribution in [0.4, 0.5) is 0 Å². The van der Waals surface area contributed by atoms with Gasteiger partial charge in [0.05, 0.1) is 6.10 Å². The fourth-order valence-electron chi connectivity index (χ4n) is 2.38. The summed E-state index contributed by atoms with van der Waals surface area (Å²) in [6.07, 6.45) is 2.16. The SMILES string of the molecule is CCCC1(C)C[C@@H](O)c2cc(Cl)ccc2O1. The molecule has 0 aromatic heterocycles. The highest BCUT2D eigenvalue weighted by Crippen LogP contribution is 2.42. The summed E-state index contributed by atoms with van der Waals surface area (Å²) in [5.41, 5.74) is 0.552. The highest BCUT2D eigenvalue weighted by atomic mass is 35.5. The lowest BCUT2D eigenvalue weighted by Crippen LogP contribution is -2.37. The van der Waals surface area contributed by atoms with E-state index in [1.165, 1.54) is 0 Å². The van der Waals surface area contributed by atoms with E-state index < -0.39 is 6.10 Å². The molecule has 1 unspecified atom stereocenters. The zero-order valence-corrected chi connectivity index (χ0v) is 10.4. The van der Waals surface area contributed by atoms with Crippen LogP contribution in [-0.2, 0) is 0 Å². The van der Waals surface area contributed by atoms with Crippen molar-refractivity contribution in [2.24, 2.45) is 0 Å². The summed E-state index contributed by atoms with van der Waals surface area (Å²) in [7, 11) is 0. The summed E-state index contributed by atoms with van der Waals surface area (Å²) < 4.78 is 5.97. The van der Waals surface area contributed by atoms with Crippen LogP contribution in [0, 0.1) is 0 Å². The molecule has 1 aliphatic heterocycles. The Labute approximate surface area is 101 Å². The molecule has 0 aliphatic carbocycles. The minimum atomic E-state index is -0.473. The Hall–Kier alpha value is -0.730. The Bertz CT molecular complexity index is 392. The first kappa shape index (κ1) is 11.7. The quantitative estimate of drug-likeness (QED) is 0.854. The molecule has 0 spiro atoms. The van der Waals surface area contributed by atoms with Crippen LogP contribution in [0.25, 0.3) is 0 Å². The molecule has 16 heavy (non-hydrogen) atoms. The molecule has 1 heterocycles. The summed E-state index contributed by atoms with van der Waals surface area (Å²) in [6.45, 7) is 4.18. The van der Waals surface area contributed by atoms with Crippen LogP contribution in [0.1, 0.15) is 44.8 Å². The number of hydrogen-bond donors (Lipinski definition) is 1. The maximum atomic E-state index is 10.1. The Morgan fingerprint density at radius 1 is 1.56 bits per heavy atom. The van der Waals surface area contributed by atoms with Gasteiger partial charge in [0, 0.05) is 17.0 Å². The summed E-state index contributed by atoms with van der Waals surface area (Å²) in [5.74, 6) is 0.763. The molecular formula is C13H17ClO2. The van der Waals surface area contributed by atoms with E-state index in [1.54, 1.807) is 12.1 Å². The maximum Gasteiger partial charge on any atom is 0.126 e. The van der Waals surface area contributed by atoms with E-state index in [0.29, 0.717) is 11.4 Å². The summed E-state index contributed by atoms with van der Waals surface area (Å²) in [4.78, 5) is 0. The summed E-state index contributed by atoms with van der Waals surface area (Å²) in [5, 5.41) is 10.7. The van der Waals surface area contributed by atoms with E-state index in [-0.39, 0.29) is 5.60 Å². The number of hydrogen-bond acceptors (Lipinski definition) is 2. The Kier molecular flexibility index (Phi) is 3.13. The molecule has 2 atom stereocenters. The van der Waals surface area contributed by atoms with Gasteiger partial charge in [-0.15, -0.1) is 0 Å². The van der Waals surface area contributed by atoms with E-state index in [9.17, 15) is 5.11 Å². The minimum absolute atomic E-state index is 0.255. The zero-order valence-electron chi connectivity index (χ0n) is 9.66. The Balaban J connectivity index is 2.33. The van der Waals surface area contributed by atoms with E-state index in [4.69, 9.17) is 16.3 Å². The van der Waals surface area contributed by atoms with Gasteiger partial charge in [0.2, 0.25) is 0 Å². The van der Waals surface area contributed by atoms with E-state index >= 15 is 0 Å². The van der Waals surface area contributed by atoms with Crippen molar-refractivity contribution in [1.82, 2.24) is 0 Å². The molecule has 0 radical (unpaired) electrons. The van der Waals surface area contributed by atoms with Crippen LogP contribution in [0.3, 0.4) is 0 Å². The molecule has 1 N–H and O–H groups in total. The average Bonchev–Trinajstić information content (AvgIpc) is 2.19. The van der Waals surface area contributed by atoms with Gasteiger partial charge >= 0.3 is 0 Å². The van der Waals surface area contributed by atoms with Crippen molar-refractivity contribution in [2.75, 3.05) is 0 Å². The van der Waals surface area contributed by atoms with E-state index in [0.717, 1.165) is 24.2 Å². The topological polar surface area (TPSA) is 29.5 Å². The molecule has 3 heteroatoms. The number of rotatable bonds is 2. The van der Waals surface area contributed by atoms with Crippen LogP contribution in [0.5, 0.6) is 5.75 Å². The second-order valence-corrected chi connectivity index (χ2v) is 5.14. The van der Waals surface area contributed by atoms with Gasteiger partial charge in [-0.3, -0.25) is 0 Å². The second-order valence-electron chi connectivity index (χ2n) is 4.70. The third-order valence-electron chi connectivity index (χ3n) is 3.09. The highest BCUT2D eigenvalue weighted by molar-refractivity contribution is 6.30. The first-order valence-corrected chi connectivity index (χ1v) is 6.08. The predicted octanol–water partition coefficient (Wildman–Crippen LogP) is 3.71. The minimum Gasteiger partial charge on any atom is -0.487 e. The first-order valence-electron chi connectivity index (χ1n) is 5.70. The lowest BCUT2D eigenvalue weighted by Gasteiger charge is -2.38. The normalized spacial score (nSPS) is 28.4. The van der Waals surface area contributed by atoms with Gasteiger partial charge < -0.3 is 9.84 Å². The van der Waals surface area contributed by atoms with Crippen molar-refractivity contribution >= 4 is 11.6 Å². The van der Waals surface area contributed by atoms with Crippen LogP contribution in [0.2, 0.25) is 5.02 Å². The Morgan fingerprint density at radius 3 is 3.00 bits per heavy atom. The van der Waals surface area contributed by atoms with E-state index in [2.05, 4.69) is 13.8 Å². The van der Waals surface area contributed by atoms with Gasteiger partial charge in [0.1, 0.15) is 11.4 Å². The van der Waals surface area contributed by atoms with Crippen molar-refractivity contribution in [1.29, 1.82) is 0 Å². The van der Waals surface area contributed by atoms with Gasteiger partial charge in [-0.2, -0.15) is 0 Å². The fraction of sp³-hybridized carbons (Fsp3) is 0.538. The first-order chi connectivity index (χ1) is 7.54. The third kappa shape index (κ3) is 2.18. The molecule has 0 amide bonds. The summed E-state index contributed by atoms with van der Waals surface area (Å²) >= 11 is 5.91. The van der Waals surface area contributed by atoms with Crippen LogP contribution >= 0.6 is 11.6 Å². The summed E-state index contributed by atoms with van der Waals surface area (Å²) in [6, 6.07) is 5.42. The van der Waals surface area contributed by atoms with Gasteiger partial charge in [0.25, 0.3) is 0 Å². The monoisotopic (exact) mass is 240 g/mol. The number of fused-ring (bicyclic) bond motifs is 1. The number of aliphatic hydroxyl groups excluding tert-OH is 1. The lowest BCUT2D eigenvalue weighted by molar-refractivity contribution is -0.00731. The lowest BCUT2D eigenvalue weighted by atomic mass is 9.87. The van der Waals surface area contributed by atoms with Gasteiger partial charge in [-0.05, 0) is 31.5 Å². The van der Waals surface area contributed by atoms with Crippen molar-refractivity contribution in [2.45, 2.75) is 44.8 Å². The molecule has 0 saturated carbocycles. The smallest absolute Gasteiger partial charge is 0.126 e. The molecule has 0 bridgehead atoms. The largest absolute Gasteiger partial charge is 0.487 e. The van der Waals surface area contributed by atoms with Crippen LogP contribution < -0.4 is 4.74 Å². The average molecular weight is 241 g/mol. The van der Waals surface area contributed by atoms with Crippen molar-refractivity contribution in [3.05, 3.63) is 28.8 Å². The number of benzene rings is 1. The zero-order chi connectivity index (χ0) is 11.8. The molecule has 0 fully saturated rings. The molecule has 2 nitrogen and oxygen atoms in total. The molecular weight excluding hydrogens is 224 g/mol. The number of aliphatic hydroxyl groups is 1. The van der Waals surface area contributed by atoms with Crippen molar-refractivity contribution < 1.29 is 9.84 Å². The van der Waals surface area contributed by atoms with Crippen LogP contribution in [-0.4, -0.2) is 10.7 Å². The number of ether oxygens (including phenoxy) is 1. The van der Waals surface area contributed by atoms with Gasteiger partial charge in [-0.1, -0.05) is 24.9 Å². The maximum absolute atomic E-state index is 10.1.